The van der Waals surface area contributed by atoms with Crippen LogP contribution in [0.2, 0.25) is 0 Å². The summed E-state index contributed by atoms with van der Waals surface area (Å²) >= 11 is 0. The molecule has 0 spiro atoms. The SMILES string of the molecule is CC(C)(C)CC12CC(CN1C(C)(C)C)C2. The van der Waals surface area contributed by atoms with Crippen molar-refractivity contribution in [2.24, 2.45) is 11.3 Å². The molecule has 15 heavy (non-hydrogen) atoms. The average Bonchev–Trinajstić information content (AvgIpc) is 2.33. The van der Waals surface area contributed by atoms with Gasteiger partial charge in [-0.25, -0.2) is 0 Å². The quantitative estimate of drug-likeness (QED) is 0.636. The Kier molecular flexibility index (Phi) is 2.29. The molecule has 0 N–H and O–H groups in total. The summed E-state index contributed by atoms with van der Waals surface area (Å²) in [7, 11) is 0. The fourth-order valence-corrected chi connectivity index (χ4v) is 4.03. The van der Waals surface area contributed by atoms with Gasteiger partial charge in [-0.2, -0.15) is 0 Å². The molecule has 88 valence electrons. The molecule has 3 rings (SSSR count). The van der Waals surface area contributed by atoms with Crippen LogP contribution in [0.4, 0.5) is 0 Å². The van der Waals surface area contributed by atoms with Crippen molar-refractivity contribution in [2.45, 2.75) is 71.9 Å². The summed E-state index contributed by atoms with van der Waals surface area (Å²) in [5.41, 5.74) is 1.39. The molecule has 3 aliphatic rings. The topological polar surface area (TPSA) is 3.24 Å². The lowest BCUT2D eigenvalue weighted by Crippen LogP contribution is -2.54. The number of nitrogens with zero attached hydrogens (tertiary/aromatic N) is 1. The first-order valence-corrected chi connectivity index (χ1v) is 6.40. The van der Waals surface area contributed by atoms with E-state index in [-0.39, 0.29) is 0 Å². The lowest BCUT2D eigenvalue weighted by atomic mass is 9.65. The number of fused-ring (bicyclic) bond motifs is 1. The minimum atomic E-state index is 0.358. The van der Waals surface area contributed by atoms with Gasteiger partial charge in [-0.3, -0.25) is 4.90 Å². The van der Waals surface area contributed by atoms with Crippen molar-refractivity contribution in [3.05, 3.63) is 0 Å². The molecule has 0 aromatic carbocycles. The minimum absolute atomic E-state index is 0.358. The second-order valence-corrected chi connectivity index (χ2v) is 8.02. The molecule has 0 radical (unpaired) electrons. The first kappa shape index (κ1) is 11.4. The molecule has 1 saturated carbocycles. The van der Waals surface area contributed by atoms with Gasteiger partial charge in [0.2, 0.25) is 0 Å². The van der Waals surface area contributed by atoms with E-state index in [0.29, 0.717) is 16.5 Å². The van der Waals surface area contributed by atoms with Gasteiger partial charge in [-0.05, 0) is 51.4 Å². The van der Waals surface area contributed by atoms with E-state index in [2.05, 4.69) is 46.4 Å². The molecule has 2 heterocycles. The van der Waals surface area contributed by atoms with Crippen molar-refractivity contribution < 1.29 is 0 Å². The second kappa shape index (κ2) is 3.00. The molecule has 0 amide bonds. The fraction of sp³-hybridized carbons (Fsp3) is 1.00. The molecule has 2 saturated heterocycles. The lowest BCUT2D eigenvalue weighted by Gasteiger charge is -2.50. The lowest BCUT2D eigenvalue weighted by molar-refractivity contribution is 0.00443. The number of hydrogen-bond acceptors (Lipinski definition) is 1. The summed E-state index contributed by atoms with van der Waals surface area (Å²) in [5.74, 6) is 1.01. The smallest absolute Gasteiger partial charge is 0.0226 e. The van der Waals surface area contributed by atoms with E-state index in [4.69, 9.17) is 0 Å². The normalized spacial score (nSPS) is 36.8. The zero-order valence-electron chi connectivity index (χ0n) is 11.4. The van der Waals surface area contributed by atoms with Crippen LogP contribution in [0.15, 0.2) is 0 Å². The van der Waals surface area contributed by atoms with E-state index in [1.54, 1.807) is 0 Å². The Balaban J connectivity index is 2.15. The molecule has 2 bridgehead atoms. The molecule has 1 heteroatoms. The van der Waals surface area contributed by atoms with Crippen LogP contribution < -0.4 is 0 Å². The first-order valence-electron chi connectivity index (χ1n) is 6.40. The standard InChI is InChI=1S/C14H27N/c1-12(2,3)10-14-7-11(8-14)9-15(14)13(4,5)6/h11H,7-10H2,1-6H3. The molecular formula is C14H27N. The first-order chi connectivity index (χ1) is 6.62. The Morgan fingerprint density at radius 3 is 2.00 bits per heavy atom. The van der Waals surface area contributed by atoms with Gasteiger partial charge in [0.05, 0.1) is 0 Å². The number of hydrogen-bond donors (Lipinski definition) is 0. The van der Waals surface area contributed by atoms with Crippen molar-refractivity contribution in [3.63, 3.8) is 0 Å². The third-order valence-electron chi connectivity index (χ3n) is 4.02. The van der Waals surface area contributed by atoms with E-state index in [1.807, 2.05) is 0 Å². The summed E-state index contributed by atoms with van der Waals surface area (Å²) in [5, 5.41) is 0. The predicted octanol–water partition coefficient (Wildman–Crippen LogP) is 3.69. The van der Waals surface area contributed by atoms with Crippen LogP contribution in [-0.4, -0.2) is 22.5 Å². The van der Waals surface area contributed by atoms with Crippen LogP contribution in [0.3, 0.4) is 0 Å². The highest BCUT2D eigenvalue weighted by Gasteiger charge is 2.59. The molecule has 1 aliphatic carbocycles. The summed E-state index contributed by atoms with van der Waals surface area (Å²) in [6.07, 6.45) is 4.29. The van der Waals surface area contributed by atoms with Crippen LogP contribution in [0.5, 0.6) is 0 Å². The summed E-state index contributed by atoms with van der Waals surface area (Å²) in [6.45, 7) is 15.6. The third kappa shape index (κ3) is 1.95. The monoisotopic (exact) mass is 209 g/mol. The molecule has 0 aromatic heterocycles. The van der Waals surface area contributed by atoms with Crippen molar-refractivity contribution in [1.29, 1.82) is 0 Å². The van der Waals surface area contributed by atoms with Crippen LogP contribution in [-0.2, 0) is 0 Å². The van der Waals surface area contributed by atoms with Crippen LogP contribution in [0.1, 0.15) is 60.8 Å². The zero-order chi connectivity index (χ0) is 11.5. The summed E-state index contributed by atoms with van der Waals surface area (Å²) in [6, 6.07) is 0. The van der Waals surface area contributed by atoms with Crippen LogP contribution in [0.25, 0.3) is 0 Å². The highest BCUT2D eigenvalue weighted by Crippen LogP contribution is 2.57. The van der Waals surface area contributed by atoms with E-state index < -0.39 is 0 Å². The van der Waals surface area contributed by atoms with E-state index in [0.717, 1.165) is 5.92 Å². The van der Waals surface area contributed by atoms with Gasteiger partial charge in [0, 0.05) is 17.6 Å². The zero-order valence-corrected chi connectivity index (χ0v) is 11.4. The molecule has 0 atom stereocenters. The van der Waals surface area contributed by atoms with Gasteiger partial charge in [0.15, 0.2) is 0 Å². The molecule has 0 unspecified atom stereocenters. The van der Waals surface area contributed by atoms with Crippen LogP contribution >= 0.6 is 0 Å². The molecule has 3 fully saturated rings. The summed E-state index contributed by atoms with van der Waals surface area (Å²) in [4.78, 5) is 2.79. The Labute approximate surface area is 95.2 Å². The Hall–Kier alpha value is -0.0400. The van der Waals surface area contributed by atoms with Gasteiger partial charge in [-0.1, -0.05) is 20.8 Å². The fourth-order valence-electron chi connectivity index (χ4n) is 4.03. The highest BCUT2D eigenvalue weighted by atomic mass is 15.3. The molecular weight excluding hydrogens is 182 g/mol. The van der Waals surface area contributed by atoms with Crippen molar-refractivity contribution in [3.8, 4) is 0 Å². The van der Waals surface area contributed by atoms with E-state index >= 15 is 0 Å². The molecule has 2 aliphatic heterocycles. The predicted molar refractivity (Wildman–Crippen MR) is 66.0 cm³/mol. The third-order valence-corrected chi connectivity index (χ3v) is 4.02. The van der Waals surface area contributed by atoms with Gasteiger partial charge >= 0.3 is 0 Å². The highest BCUT2D eigenvalue weighted by molar-refractivity contribution is 5.14. The molecule has 1 nitrogen and oxygen atoms in total. The van der Waals surface area contributed by atoms with Gasteiger partial charge < -0.3 is 0 Å². The second-order valence-electron chi connectivity index (χ2n) is 8.02. The van der Waals surface area contributed by atoms with Crippen molar-refractivity contribution >= 4 is 0 Å². The average molecular weight is 209 g/mol. The maximum atomic E-state index is 2.79. The van der Waals surface area contributed by atoms with Crippen molar-refractivity contribution in [1.82, 2.24) is 4.90 Å². The maximum absolute atomic E-state index is 2.79. The van der Waals surface area contributed by atoms with E-state index in [1.165, 1.54) is 25.8 Å². The van der Waals surface area contributed by atoms with Gasteiger partial charge in [0.1, 0.15) is 0 Å². The Morgan fingerprint density at radius 2 is 1.60 bits per heavy atom. The Morgan fingerprint density at radius 1 is 1.07 bits per heavy atom. The minimum Gasteiger partial charge on any atom is -0.292 e. The van der Waals surface area contributed by atoms with Crippen molar-refractivity contribution in [2.75, 3.05) is 6.54 Å². The summed E-state index contributed by atoms with van der Waals surface area (Å²) < 4.78 is 0. The maximum Gasteiger partial charge on any atom is 0.0226 e. The van der Waals surface area contributed by atoms with E-state index in [9.17, 15) is 0 Å². The van der Waals surface area contributed by atoms with Crippen LogP contribution in [0, 0.1) is 11.3 Å². The largest absolute Gasteiger partial charge is 0.292 e. The number of rotatable bonds is 1. The molecule has 0 aromatic rings. The van der Waals surface area contributed by atoms with Gasteiger partial charge in [-0.15, -0.1) is 0 Å². The Bertz CT molecular complexity index is 247. The van der Waals surface area contributed by atoms with Gasteiger partial charge in [0.25, 0.3) is 0 Å².